The molecule has 0 atom stereocenters. The first kappa shape index (κ1) is 10.5. The molecule has 1 N–H and O–H groups in total. The third kappa shape index (κ3) is 9.12. The van der Waals surface area contributed by atoms with Gasteiger partial charge < -0.3 is 9.84 Å². The number of hydrogen-bond acceptors (Lipinski definition) is 2. The highest BCUT2D eigenvalue weighted by molar-refractivity contribution is 5.85. The number of hydrogen-bond donors (Lipinski definition) is 1. The second kappa shape index (κ2) is 4.71. The van der Waals surface area contributed by atoms with E-state index < -0.39 is 6.16 Å². The monoisotopic (exact) mass is 140 g/mol. The third-order valence-corrected chi connectivity index (χ3v) is 0.337. The van der Waals surface area contributed by atoms with Crippen LogP contribution in [0.1, 0.15) is 13.8 Å². The molecular formula is C4H9ClO3. The van der Waals surface area contributed by atoms with Crippen LogP contribution in [0.2, 0.25) is 0 Å². The predicted octanol–water partition coefficient (Wildman–Crippen LogP) is 1.51. The van der Waals surface area contributed by atoms with Crippen molar-refractivity contribution >= 4 is 18.6 Å². The summed E-state index contributed by atoms with van der Waals surface area (Å²) in [5, 5.41) is 7.86. The molecule has 0 heterocycles. The Hall–Kier alpha value is -0.440. The van der Waals surface area contributed by atoms with Gasteiger partial charge in [-0.3, -0.25) is 0 Å². The molecule has 4 heteroatoms. The van der Waals surface area contributed by atoms with E-state index in [0.29, 0.717) is 0 Å². The van der Waals surface area contributed by atoms with Crippen molar-refractivity contribution in [1.29, 1.82) is 0 Å². The van der Waals surface area contributed by atoms with Crippen LogP contribution in [0, 0.1) is 0 Å². The SMILES string of the molecule is CC(C)OC(=O)O.Cl. The number of carbonyl (C=O) groups is 1. The van der Waals surface area contributed by atoms with Crippen LogP contribution >= 0.6 is 12.4 Å². The molecule has 0 spiro atoms. The molecule has 0 amide bonds. The van der Waals surface area contributed by atoms with Crippen molar-refractivity contribution < 1.29 is 14.6 Å². The van der Waals surface area contributed by atoms with E-state index >= 15 is 0 Å². The van der Waals surface area contributed by atoms with Crippen LogP contribution in [0.25, 0.3) is 0 Å². The van der Waals surface area contributed by atoms with Gasteiger partial charge in [0.15, 0.2) is 0 Å². The molecule has 0 aliphatic heterocycles. The van der Waals surface area contributed by atoms with E-state index in [1.807, 2.05) is 0 Å². The lowest BCUT2D eigenvalue weighted by atomic mass is 10.5. The fourth-order valence-electron chi connectivity index (χ4n) is 0.202. The van der Waals surface area contributed by atoms with Crippen LogP contribution in [-0.4, -0.2) is 17.4 Å². The maximum Gasteiger partial charge on any atom is 0.506 e. The van der Waals surface area contributed by atoms with Crippen LogP contribution in [0.5, 0.6) is 0 Å². The van der Waals surface area contributed by atoms with Crippen LogP contribution in [0.4, 0.5) is 4.79 Å². The van der Waals surface area contributed by atoms with Gasteiger partial charge in [-0.15, -0.1) is 12.4 Å². The second-order valence-electron chi connectivity index (χ2n) is 1.43. The minimum Gasteiger partial charge on any atom is -0.450 e. The van der Waals surface area contributed by atoms with Gasteiger partial charge in [-0.2, -0.15) is 0 Å². The highest BCUT2D eigenvalue weighted by Gasteiger charge is 1.97. The van der Waals surface area contributed by atoms with Crippen molar-refractivity contribution in [3.63, 3.8) is 0 Å². The average molecular weight is 141 g/mol. The molecule has 0 fully saturated rings. The predicted molar refractivity (Wildman–Crippen MR) is 31.5 cm³/mol. The summed E-state index contributed by atoms with van der Waals surface area (Å²) in [6, 6.07) is 0. The van der Waals surface area contributed by atoms with Gasteiger partial charge in [-0.25, -0.2) is 4.79 Å². The summed E-state index contributed by atoms with van der Waals surface area (Å²) in [6.45, 7) is 3.32. The van der Waals surface area contributed by atoms with Crippen LogP contribution < -0.4 is 0 Å². The fourth-order valence-corrected chi connectivity index (χ4v) is 0.202. The molecular weight excluding hydrogens is 131 g/mol. The molecule has 0 saturated carbocycles. The van der Waals surface area contributed by atoms with E-state index in [-0.39, 0.29) is 18.5 Å². The average Bonchev–Trinajstić information content (AvgIpc) is 1.27. The summed E-state index contributed by atoms with van der Waals surface area (Å²) < 4.78 is 4.17. The Morgan fingerprint density at radius 3 is 2.00 bits per heavy atom. The quantitative estimate of drug-likeness (QED) is 0.562. The smallest absolute Gasteiger partial charge is 0.450 e. The van der Waals surface area contributed by atoms with E-state index in [4.69, 9.17) is 5.11 Å². The Bertz CT molecular complexity index is 71.7. The molecule has 0 aliphatic rings. The minimum atomic E-state index is -1.21. The molecule has 0 bridgehead atoms. The summed E-state index contributed by atoms with van der Waals surface area (Å²) in [7, 11) is 0. The first-order valence-corrected chi connectivity index (χ1v) is 2.02. The van der Waals surface area contributed by atoms with Gasteiger partial charge >= 0.3 is 6.16 Å². The minimum absolute atomic E-state index is 0. The van der Waals surface area contributed by atoms with Crippen molar-refractivity contribution in [2.75, 3.05) is 0 Å². The summed E-state index contributed by atoms with van der Waals surface area (Å²) >= 11 is 0. The number of ether oxygens (including phenoxy) is 1. The van der Waals surface area contributed by atoms with E-state index in [9.17, 15) is 4.79 Å². The zero-order valence-corrected chi connectivity index (χ0v) is 5.57. The van der Waals surface area contributed by atoms with Gasteiger partial charge in [0.05, 0.1) is 6.10 Å². The normalized spacial score (nSPS) is 7.88. The largest absolute Gasteiger partial charge is 0.506 e. The Morgan fingerprint density at radius 2 is 2.00 bits per heavy atom. The Kier molecular flexibility index (Phi) is 6.20. The van der Waals surface area contributed by atoms with E-state index in [1.165, 1.54) is 0 Å². The van der Waals surface area contributed by atoms with Gasteiger partial charge in [-0.1, -0.05) is 0 Å². The van der Waals surface area contributed by atoms with Gasteiger partial charge in [0, 0.05) is 0 Å². The van der Waals surface area contributed by atoms with Gasteiger partial charge in [0.25, 0.3) is 0 Å². The second-order valence-corrected chi connectivity index (χ2v) is 1.43. The number of rotatable bonds is 1. The molecule has 3 nitrogen and oxygen atoms in total. The van der Waals surface area contributed by atoms with Crippen molar-refractivity contribution in [3.8, 4) is 0 Å². The molecule has 8 heavy (non-hydrogen) atoms. The number of halogens is 1. The van der Waals surface area contributed by atoms with Crippen LogP contribution in [0.3, 0.4) is 0 Å². The molecule has 0 radical (unpaired) electrons. The fraction of sp³-hybridized carbons (Fsp3) is 0.750. The lowest BCUT2D eigenvalue weighted by Gasteiger charge is -1.99. The first-order chi connectivity index (χ1) is 3.13. The first-order valence-electron chi connectivity index (χ1n) is 2.02. The molecule has 0 unspecified atom stereocenters. The van der Waals surface area contributed by atoms with Gasteiger partial charge in [0.2, 0.25) is 0 Å². The van der Waals surface area contributed by atoms with Crippen molar-refractivity contribution in [2.24, 2.45) is 0 Å². The summed E-state index contributed by atoms with van der Waals surface area (Å²) in [5.74, 6) is 0. The molecule has 0 aliphatic carbocycles. The zero-order chi connectivity index (χ0) is 5.86. The molecule has 0 aromatic rings. The highest BCUT2D eigenvalue weighted by atomic mass is 35.5. The Balaban J connectivity index is 0. The summed E-state index contributed by atoms with van der Waals surface area (Å²) in [5.41, 5.74) is 0. The van der Waals surface area contributed by atoms with E-state index in [2.05, 4.69) is 4.74 Å². The number of carboxylic acid groups (broad SMARTS) is 1. The Labute approximate surface area is 54.1 Å². The lowest BCUT2D eigenvalue weighted by molar-refractivity contribution is 0.0660. The lowest BCUT2D eigenvalue weighted by Crippen LogP contribution is -2.07. The van der Waals surface area contributed by atoms with Gasteiger partial charge in [-0.05, 0) is 13.8 Å². The van der Waals surface area contributed by atoms with Crippen LogP contribution in [0.15, 0.2) is 0 Å². The highest BCUT2D eigenvalue weighted by Crippen LogP contribution is 1.85. The van der Waals surface area contributed by atoms with Crippen LogP contribution in [-0.2, 0) is 4.74 Å². The molecule has 50 valence electrons. The molecule has 0 aromatic heterocycles. The zero-order valence-electron chi connectivity index (χ0n) is 4.75. The maximum absolute atomic E-state index is 9.59. The summed E-state index contributed by atoms with van der Waals surface area (Å²) in [6.07, 6.45) is -1.44. The molecule has 0 saturated heterocycles. The Morgan fingerprint density at radius 1 is 1.62 bits per heavy atom. The van der Waals surface area contributed by atoms with Gasteiger partial charge in [0.1, 0.15) is 0 Å². The topological polar surface area (TPSA) is 46.5 Å². The maximum atomic E-state index is 9.59. The third-order valence-electron chi connectivity index (χ3n) is 0.337. The molecule has 0 rings (SSSR count). The summed E-state index contributed by atoms with van der Waals surface area (Å²) in [4.78, 5) is 9.59. The van der Waals surface area contributed by atoms with Crippen molar-refractivity contribution in [3.05, 3.63) is 0 Å². The van der Waals surface area contributed by atoms with E-state index in [0.717, 1.165) is 0 Å². The standard InChI is InChI=1S/C4H8O3.ClH/c1-3(2)7-4(5)6;/h3H,1-2H3,(H,5,6);1H. The van der Waals surface area contributed by atoms with Crippen molar-refractivity contribution in [1.82, 2.24) is 0 Å². The van der Waals surface area contributed by atoms with E-state index in [1.54, 1.807) is 13.8 Å². The van der Waals surface area contributed by atoms with Crippen molar-refractivity contribution in [2.45, 2.75) is 20.0 Å². The molecule has 0 aromatic carbocycles.